The molecule has 8 nitrogen and oxygen atoms in total. The minimum absolute atomic E-state index is 0.000492. The van der Waals surface area contributed by atoms with E-state index in [0.717, 1.165) is 0 Å². The maximum Gasteiger partial charge on any atom is 0.435 e. The van der Waals surface area contributed by atoms with Crippen LogP contribution in [0, 0.1) is 6.92 Å². The number of aromatic nitrogens is 3. The number of hydrogen-bond acceptors (Lipinski definition) is 6. The normalized spacial score (nSPS) is 11.4. The molecule has 0 spiro atoms. The van der Waals surface area contributed by atoms with Crippen molar-refractivity contribution >= 4 is 52.7 Å². The Morgan fingerprint density at radius 1 is 1.18 bits per heavy atom. The van der Waals surface area contributed by atoms with Crippen molar-refractivity contribution in [1.29, 1.82) is 0 Å². The van der Waals surface area contributed by atoms with E-state index in [0.29, 0.717) is 22.1 Å². The third-order valence-electron chi connectivity index (χ3n) is 4.34. The van der Waals surface area contributed by atoms with Gasteiger partial charge < -0.3 is 5.32 Å². The fraction of sp³-hybridized carbons (Fsp3) is 0.200. The van der Waals surface area contributed by atoms with Crippen LogP contribution in [-0.2, 0) is 6.18 Å². The molecule has 2 heterocycles. The van der Waals surface area contributed by atoms with E-state index in [-0.39, 0.29) is 27.1 Å². The average Bonchev–Trinajstić information content (AvgIpc) is 3.21. The largest absolute Gasteiger partial charge is 0.435 e. The number of anilines is 1. The van der Waals surface area contributed by atoms with Gasteiger partial charge in [0.2, 0.25) is 0 Å². The molecule has 0 radical (unpaired) electrons. The number of aryl methyl sites for hydroxylation is 1. The van der Waals surface area contributed by atoms with E-state index in [1.165, 1.54) is 42.4 Å². The molecule has 3 rings (SSSR count). The second kappa shape index (κ2) is 10.6. The molecule has 180 valence electrons. The van der Waals surface area contributed by atoms with Crippen molar-refractivity contribution in [1.82, 2.24) is 25.0 Å². The van der Waals surface area contributed by atoms with Gasteiger partial charge in [-0.1, -0.05) is 42.1 Å². The van der Waals surface area contributed by atoms with Crippen LogP contribution in [0.2, 0.25) is 10.0 Å². The number of carbonyl (C=O) groups excluding carboxylic acids is 2. The van der Waals surface area contributed by atoms with E-state index in [2.05, 4.69) is 25.7 Å². The van der Waals surface area contributed by atoms with Crippen molar-refractivity contribution in [3.05, 3.63) is 69.1 Å². The van der Waals surface area contributed by atoms with E-state index in [1.54, 1.807) is 6.92 Å². The first-order valence-electron chi connectivity index (χ1n) is 9.59. The quantitative estimate of drug-likeness (QED) is 0.223. The molecule has 1 aromatic carbocycles. The number of pyridine rings is 1. The highest BCUT2D eigenvalue weighted by atomic mass is 35.5. The summed E-state index contributed by atoms with van der Waals surface area (Å²) in [6.07, 6.45) is -3.53. The van der Waals surface area contributed by atoms with Gasteiger partial charge in [0, 0.05) is 23.0 Å². The van der Waals surface area contributed by atoms with Crippen LogP contribution in [0.15, 0.2) is 36.5 Å². The number of benzene rings is 1. The molecule has 2 amide bonds. The molecule has 3 aromatic rings. The van der Waals surface area contributed by atoms with Gasteiger partial charge in [0.25, 0.3) is 11.8 Å². The summed E-state index contributed by atoms with van der Waals surface area (Å²) in [6, 6.07) is 6.27. The number of nitrogens with zero attached hydrogens (tertiary/aromatic N) is 3. The highest BCUT2D eigenvalue weighted by Gasteiger charge is 2.36. The van der Waals surface area contributed by atoms with Crippen LogP contribution in [0.5, 0.6) is 0 Å². The average molecular weight is 533 g/mol. The van der Waals surface area contributed by atoms with Crippen LogP contribution < -0.4 is 15.6 Å². The van der Waals surface area contributed by atoms with E-state index in [9.17, 15) is 22.8 Å². The maximum absolute atomic E-state index is 13.4. The molecular formula is C20H17Cl2F3N6O2S. The zero-order valence-corrected chi connectivity index (χ0v) is 20.0. The van der Waals surface area contributed by atoms with Crippen molar-refractivity contribution in [3.8, 4) is 5.82 Å². The first kappa shape index (κ1) is 25.8. The summed E-state index contributed by atoms with van der Waals surface area (Å²) in [5, 5.41) is 6.20. The van der Waals surface area contributed by atoms with E-state index in [1.807, 2.05) is 6.92 Å². The topological polar surface area (TPSA) is 101 Å². The molecule has 0 atom stereocenters. The lowest BCUT2D eigenvalue weighted by Gasteiger charge is -2.15. The minimum atomic E-state index is -4.83. The van der Waals surface area contributed by atoms with Gasteiger partial charge in [0.15, 0.2) is 11.5 Å². The fourth-order valence-corrected chi connectivity index (χ4v) is 3.65. The number of halogens is 5. The first-order chi connectivity index (χ1) is 16.0. The highest BCUT2D eigenvalue weighted by molar-refractivity contribution is 7.97. The Hall–Kier alpha value is -2.80. The van der Waals surface area contributed by atoms with Crippen molar-refractivity contribution in [2.45, 2.75) is 20.0 Å². The second-order valence-electron chi connectivity index (χ2n) is 6.72. The number of nitrogens with one attached hydrogen (secondary N) is 3. The Morgan fingerprint density at radius 3 is 2.56 bits per heavy atom. The van der Waals surface area contributed by atoms with Gasteiger partial charge >= 0.3 is 6.18 Å². The highest BCUT2D eigenvalue weighted by Crippen LogP contribution is 2.31. The lowest BCUT2D eigenvalue weighted by molar-refractivity contribution is -0.141. The lowest BCUT2D eigenvalue weighted by Crippen LogP contribution is -2.33. The summed E-state index contributed by atoms with van der Waals surface area (Å²) in [4.78, 5) is 32.4. The summed E-state index contributed by atoms with van der Waals surface area (Å²) in [5.74, 6) is -1.09. The molecule has 0 bridgehead atoms. The van der Waals surface area contributed by atoms with E-state index in [4.69, 9.17) is 23.2 Å². The van der Waals surface area contributed by atoms with Gasteiger partial charge in [-0.15, -0.1) is 0 Å². The Labute approximate surface area is 206 Å². The number of hydrogen-bond donors (Lipinski definition) is 3. The molecule has 0 unspecified atom stereocenters. The van der Waals surface area contributed by atoms with Gasteiger partial charge in [-0.05, 0) is 36.8 Å². The third-order valence-corrected chi connectivity index (χ3v) is 5.38. The number of alkyl halides is 3. The third kappa shape index (κ3) is 5.81. The second-order valence-corrected chi connectivity index (χ2v) is 8.64. The summed E-state index contributed by atoms with van der Waals surface area (Å²) >= 11 is 13.4. The van der Waals surface area contributed by atoms with Crippen molar-refractivity contribution in [2.75, 3.05) is 11.1 Å². The molecule has 14 heteroatoms. The minimum Gasteiger partial charge on any atom is -0.320 e. The molecule has 3 N–H and O–H groups in total. The number of carbonyl (C=O) groups is 2. The summed E-state index contributed by atoms with van der Waals surface area (Å²) in [7, 11) is 0. The van der Waals surface area contributed by atoms with Crippen molar-refractivity contribution in [2.24, 2.45) is 0 Å². The lowest BCUT2D eigenvalue weighted by atomic mass is 10.1. The molecule has 34 heavy (non-hydrogen) atoms. The number of hydrazine groups is 1. The van der Waals surface area contributed by atoms with Gasteiger partial charge in [0.1, 0.15) is 5.69 Å². The van der Waals surface area contributed by atoms with Crippen LogP contribution in [0.4, 0.5) is 18.9 Å². The molecule has 0 saturated carbocycles. The van der Waals surface area contributed by atoms with Crippen molar-refractivity contribution < 1.29 is 22.8 Å². The van der Waals surface area contributed by atoms with Crippen LogP contribution in [0.3, 0.4) is 0 Å². The zero-order valence-electron chi connectivity index (χ0n) is 17.6. The molecular weight excluding hydrogens is 516 g/mol. The van der Waals surface area contributed by atoms with Crippen LogP contribution in [0.25, 0.3) is 5.82 Å². The number of rotatable bonds is 7. The van der Waals surface area contributed by atoms with E-state index < -0.39 is 29.4 Å². The van der Waals surface area contributed by atoms with Crippen LogP contribution >= 0.6 is 35.1 Å². The predicted molar refractivity (Wildman–Crippen MR) is 124 cm³/mol. The Balaban J connectivity index is 2.04. The van der Waals surface area contributed by atoms with Gasteiger partial charge in [0.05, 0.1) is 16.3 Å². The summed E-state index contributed by atoms with van der Waals surface area (Å²) < 4.78 is 40.8. The fourth-order valence-electron chi connectivity index (χ4n) is 2.86. The molecule has 0 saturated heterocycles. The zero-order chi connectivity index (χ0) is 25.0. The Bertz CT molecular complexity index is 1240. The molecule has 0 aliphatic heterocycles. The standard InChI is InChI=1S/C20H17Cl2F3N6O2S/c1-3-34-30-28-18(32)12-8-11(21)7-10(2)16(12)27-19(33)14-9-15(20(23,24)25)29-31(14)17-13(22)5-4-6-26-17/h4-9,30H,3H2,1-2H3,(H,27,33)(H,28,32). The molecule has 2 aromatic heterocycles. The molecule has 0 aliphatic carbocycles. The summed E-state index contributed by atoms with van der Waals surface area (Å²) in [5.41, 5.74) is 1.11. The molecule has 0 aliphatic rings. The maximum atomic E-state index is 13.4. The van der Waals surface area contributed by atoms with Gasteiger partial charge in [-0.2, -0.15) is 23.1 Å². The number of amides is 2. The van der Waals surface area contributed by atoms with Crippen molar-refractivity contribution in [3.63, 3.8) is 0 Å². The van der Waals surface area contributed by atoms with E-state index >= 15 is 0 Å². The van der Waals surface area contributed by atoms with Gasteiger partial charge in [-0.25, -0.2) is 9.67 Å². The SMILES string of the molecule is CCSNNC(=O)c1cc(Cl)cc(C)c1NC(=O)c1cc(C(F)(F)F)nn1-c1ncccc1Cl. The predicted octanol–water partition coefficient (Wildman–Crippen LogP) is 5.06. The smallest absolute Gasteiger partial charge is 0.320 e. The molecule has 0 fully saturated rings. The van der Waals surface area contributed by atoms with Gasteiger partial charge in [-0.3, -0.25) is 15.0 Å². The Kier molecular flexibility index (Phi) is 8.08. The monoisotopic (exact) mass is 532 g/mol. The van der Waals surface area contributed by atoms with Crippen LogP contribution in [-0.4, -0.2) is 32.3 Å². The Morgan fingerprint density at radius 2 is 1.91 bits per heavy atom. The first-order valence-corrected chi connectivity index (χ1v) is 11.3. The van der Waals surface area contributed by atoms with Crippen LogP contribution in [0.1, 0.15) is 39.0 Å². The summed E-state index contributed by atoms with van der Waals surface area (Å²) in [6.45, 7) is 3.45.